The molecule has 1 heterocycles. The Balaban J connectivity index is 2.17. The van der Waals surface area contributed by atoms with Gasteiger partial charge in [0, 0.05) is 29.4 Å². The van der Waals surface area contributed by atoms with Crippen LogP contribution in [0.25, 0.3) is 0 Å². The molecule has 2 aromatic rings. The van der Waals surface area contributed by atoms with Gasteiger partial charge in [-0.3, -0.25) is 4.79 Å². The summed E-state index contributed by atoms with van der Waals surface area (Å²) in [6, 6.07) is 5.79. The van der Waals surface area contributed by atoms with Crippen molar-refractivity contribution >= 4 is 22.9 Å². The van der Waals surface area contributed by atoms with Gasteiger partial charge in [-0.15, -0.1) is 11.3 Å². The number of hydrogen-bond donors (Lipinski definition) is 2. The Hall–Kier alpha value is -1.88. The van der Waals surface area contributed by atoms with Gasteiger partial charge < -0.3 is 10.6 Å². The predicted octanol–water partition coefficient (Wildman–Crippen LogP) is 3.55. The van der Waals surface area contributed by atoms with Crippen LogP contribution < -0.4 is 10.6 Å². The number of hydrogen-bond acceptors (Lipinski definition) is 4. The first-order chi connectivity index (χ1) is 9.94. The summed E-state index contributed by atoms with van der Waals surface area (Å²) in [5.74, 6) is -0.0734. The fourth-order valence-electron chi connectivity index (χ4n) is 2.17. The first-order valence-corrected chi connectivity index (χ1v) is 7.89. The van der Waals surface area contributed by atoms with Crippen LogP contribution in [0.1, 0.15) is 41.7 Å². The van der Waals surface area contributed by atoms with Gasteiger partial charge in [-0.2, -0.15) is 0 Å². The molecule has 0 aliphatic carbocycles. The number of carbonyl (C=O) groups is 1. The molecule has 0 fully saturated rings. The lowest BCUT2D eigenvalue weighted by Gasteiger charge is -2.24. The number of amides is 1. The highest BCUT2D eigenvalue weighted by Crippen LogP contribution is 2.23. The fourth-order valence-corrected chi connectivity index (χ4v) is 2.89. The third kappa shape index (κ3) is 3.61. The van der Waals surface area contributed by atoms with E-state index in [1.807, 2.05) is 51.3 Å². The van der Waals surface area contributed by atoms with E-state index in [0.29, 0.717) is 5.56 Å². The molecule has 1 aromatic heterocycles. The van der Waals surface area contributed by atoms with E-state index in [1.165, 1.54) is 0 Å². The van der Waals surface area contributed by atoms with Crippen LogP contribution in [0.2, 0.25) is 0 Å². The highest BCUT2D eigenvalue weighted by atomic mass is 32.1. The van der Waals surface area contributed by atoms with Gasteiger partial charge in [0.2, 0.25) is 0 Å². The Morgan fingerprint density at radius 1 is 1.38 bits per heavy atom. The van der Waals surface area contributed by atoms with Crippen molar-refractivity contribution in [3.8, 4) is 0 Å². The summed E-state index contributed by atoms with van der Waals surface area (Å²) in [5.41, 5.74) is 2.21. The standard InChI is InChI=1S/C16H21N3OS/c1-5-17-12-6-7-13(11(2)10-12)14(20)19-16(3,4)15-18-8-9-21-15/h6-10,17H,5H2,1-4H3,(H,19,20). The molecule has 21 heavy (non-hydrogen) atoms. The van der Waals surface area contributed by atoms with E-state index in [4.69, 9.17) is 0 Å². The van der Waals surface area contributed by atoms with Crippen LogP contribution in [-0.2, 0) is 5.54 Å². The van der Waals surface area contributed by atoms with Gasteiger partial charge in [-0.05, 0) is 51.5 Å². The zero-order valence-corrected chi connectivity index (χ0v) is 13.7. The van der Waals surface area contributed by atoms with Gasteiger partial charge in [-0.25, -0.2) is 4.98 Å². The van der Waals surface area contributed by atoms with E-state index in [-0.39, 0.29) is 5.91 Å². The maximum atomic E-state index is 12.5. The van der Waals surface area contributed by atoms with Crippen LogP contribution in [-0.4, -0.2) is 17.4 Å². The summed E-state index contributed by atoms with van der Waals surface area (Å²) in [7, 11) is 0. The van der Waals surface area contributed by atoms with Crippen LogP contribution in [0.15, 0.2) is 29.8 Å². The zero-order valence-electron chi connectivity index (χ0n) is 12.9. The molecule has 0 aliphatic heterocycles. The van der Waals surface area contributed by atoms with Crippen LogP contribution >= 0.6 is 11.3 Å². The molecule has 112 valence electrons. The summed E-state index contributed by atoms with van der Waals surface area (Å²) in [6.45, 7) is 8.79. The smallest absolute Gasteiger partial charge is 0.252 e. The van der Waals surface area contributed by atoms with E-state index in [2.05, 4.69) is 15.6 Å². The highest BCUT2D eigenvalue weighted by molar-refractivity contribution is 7.09. The van der Waals surface area contributed by atoms with Gasteiger partial charge >= 0.3 is 0 Å². The normalized spacial score (nSPS) is 11.2. The molecule has 0 unspecified atom stereocenters. The monoisotopic (exact) mass is 303 g/mol. The maximum Gasteiger partial charge on any atom is 0.252 e. The van der Waals surface area contributed by atoms with Crippen molar-refractivity contribution in [3.63, 3.8) is 0 Å². The van der Waals surface area contributed by atoms with E-state index in [1.54, 1.807) is 17.5 Å². The van der Waals surface area contributed by atoms with Crippen LogP contribution in [0.3, 0.4) is 0 Å². The van der Waals surface area contributed by atoms with Crippen molar-refractivity contribution in [1.82, 2.24) is 10.3 Å². The molecular weight excluding hydrogens is 282 g/mol. The third-order valence-corrected chi connectivity index (χ3v) is 4.34. The predicted molar refractivity (Wildman–Crippen MR) is 87.9 cm³/mol. The van der Waals surface area contributed by atoms with Gasteiger partial charge in [-0.1, -0.05) is 0 Å². The number of rotatable bonds is 5. The quantitative estimate of drug-likeness (QED) is 0.888. The van der Waals surface area contributed by atoms with E-state index >= 15 is 0 Å². The second-order valence-corrected chi connectivity index (χ2v) is 6.37. The number of aromatic nitrogens is 1. The number of nitrogens with one attached hydrogen (secondary N) is 2. The summed E-state index contributed by atoms with van der Waals surface area (Å²) < 4.78 is 0. The Labute approximate surface area is 129 Å². The minimum atomic E-state index is -0.474. The second kappa shape index (κ2) is 6.26. The molecule has 5 heteroatoms. The Morgan fingerprint density at radius 2 is 2.14 bits per heavy atom. The minimum Gasteiger partial charge on any atom is -0.385 e. The molecule has 0 atom stereocenters. The molecule has 4 nitrogen and oxygen atoms in total. The topological polar surface area (TPSA) is 54.0 Å². The first kappa shape index (κ1) is 15.5. The first-order valence-electron chi connectivity index (χ1n) is 7.01. The molecule has 0 aliphatic rings. The summed E-state index contributed by atoms with van der Waals surface area (Å²) in [6.07, 6.45) is 1.75. The number of anilines is 1. The molecular formula is C16H21N3OS. The molecule has 0 bridgehead atoms. The van der Waals surface area contributed by atoms with Crippen LogP contribution in [0, 0.1) is 6.92 Å². The van der Waals surface area contributed by atoms with Crippen LogP contribution in [0.5, 0.6) is 0 Å². The summed E-state index contributed by atoms with van der Waals surface area (Å²) in [5, 5.41) is 9.12. The number of thiazole rings is 1. The molecule has 0 saturated heterocycles. The second-order valence-electron chi connectivity index (χ2n) is 5.48. The third-order valence-electron chi connectivity index (χ3n) is 3.24. The highest BCUT2D eigenvalue weighted by Gasteiger charge is 2.26. The summed E-state index contributed by atoms with van der Waals surface area (Å²) >= 11 is 1.54. The van der Waals surface area contributed by atoms with Gasteiger partial charge in [0.25, 0.3) is 5.91 Å². The Bertz CT molecular complexity index is 620. The number of carbonyl (C=O) groups excluding carboxylic acids is 1. The van der Waals surface area contributed by atoms with Crippen molar-refractivity contribution in [2.45, 2.75) is 33.2 Å². The molecule has 2 rings (SSSR count). The summed E-state index contributed by atoms with van der Waals surface area (Å²) in [4.78, 5) is 16.8. The van der Waals surface area contributed by atoms with Crippen molar-refractivity contribution in [2.24, 2.45) is 0 Å². The van der Waals surface area contributed by atoms with Gasteiger partial charge in [0.05, 0.1) is 5.54 Å². The lowest BCUT2D eigenvalue weighted by atomic mass is 10.0. The molecule has 2 N–H and O–H groups in total. The van der Waals surface area contributed by atoms with E-state index in [0.717, 1.165) is 22.8 Å². The zero-order chi connectivity index (χ0) is 15.5. The Morgan fingerprint density at radius 3 is 2.71 bits per heavy atom. The average Bonchev–Trinajstić information content (AvgIpc) is 2.93. The Kier molecular flexibility index (Phi) is 4.63. The lowest BCUT2D eigenvalue weighted by molar-refractivity contribution is 0.0911. The molecule has 0 saturated carbocycles. The number of aryl methyl sites for hydroxylation is 1. The van der Waals surface area contributed by atoms with Crippen LogP contribution in [0.4, 0.5) is 5.69 Å². The SMILES string of the molecule is CCNc1ccc(C(=O)NC(C)(C)c2nccs2)c(C)c1. The molecule has 1 amide bonds. The number of nitrogens with zero attached hydrogens (tertiary/aromatic N) is 1. The van der Waals surface area contributed by atoms with Gasteiger partial charge in [0.15, 0.2) is 0 Å². The van der Waals surface area contributed by atoms with Crippen molar-refractivity contribution in [2.75, 3.05) is 11.9 Å². The van der Waals surface area contributed by atoms with E-state index < -0.39 is 5.54 Å². The average molecular weight is 303 g/mol. The fraction of sp³-hybridized carbons (Fsp3) is 0.375. The maximum absolute atomic E-state index is 12.5. The molecule has 0 radical (unpaired) electrons. The lowest BCUT2D eigenvalue weighted by Crippen LogP contribution is -2.41. The number of benzene rings is 1. The molecule has 1 aromatic carbocycles. The van der Waals surface area contributed by atoms with Crippen molar-refractivity contribution in [3.05, 3.63) is 45.9 Å². The van der Waals surface area contributed by atoms with E-state index in [9.17, 15) is 4.79 Å². The largest absolute Gasteiger partial charge is 0.385 e. The minimum absolute atomic E-state index is 0.0734. The van der Waals surface area contributed by atoms with Crippen molar-refractivity contribution < 1.29 is 4.79 Å². The molecule has 0 spiro atoms. The van der Waals surface area contributed by atoms with Crippen molar-refractivity contribution in [1.29, 1.82) is 0 Å². The van der Waals surface area contributed by atoms with Gasteiger partial charge in [0.1, 0.15) is 5.01 Å².